The van der Waals surface area contributed by atoms with E-state index >= 15 is 0 Å². The number of aryl methyl sites for hydroxylation is 3. The van der Waals surface area contributed by atoms with E-state index in [9.17, 15) is 14.4 Å². The molecule has 2 rings (SSSR count). The summed E-state index contributed by atoms with van der Waals surface area (Å²) in [4.78, 5) is 38.5. The molecular formula is C26H30N2O5. The van der Waals surface area contributed by atoms with Crippen molar-refractivity contribution in [1.82, 2.24) is 5.32 Å². The van der Waals surface area contributed by atoms with Crippen molar-refractivity contribution in [2.24, 2.45) is 0 Å². The topological polar surface area (TPSA) is 84.9 Å². The minimum atomic E-state index is -1.21. The molecule has 0 aliphatic heterocycles. The van der Waals surface area contributed by atoms with Gasteiger partial charge in [-0.25, -0.2) is 14.4 Å². The predicted octanol–water partition coefficient (Wildman–Crippen LogP) is 4.68. The van der Waals surface area contributed by atoms with Gasteiger partial charge >= 0.3 is 18.0 Å². The van der Waals surface area contributed by atoms with E-state index in [1.165, 1.54) is 0 Å². The van der Waals surface area contributed by atoms with Gasteiger partial charge in [-0.15, -0.1) is 0 Å². The molecule has 0 aliphatic carbocycles. The normalized spacial score (nSPS) is 10.7. The minimum Gasteiger partial charge on any atom is -0.460 e. The molecule has 7 nitrogen and oxygen atoms in total. The zero-order chi connectivity index (χ0) is 24.6. The summed E-state index contributed by atoms with van der Waals surface area (Å²) in [6.07, 6.45) is 2.04. The third-order valence-corrected chi connectivity index (χ3v) is 4.88. The number of carbonyl (C=O) groups is 3. The molecule has 1 N–H and O–H groups in total. The van der Waals surface area contributed by atoms with E-state index in [2.05, 4.69) is 18.5 Å². The van der Waals surface area contributed by atoms with Crippen molar-refractivity contribution in [1.29, 1.82) is 0 Å². The number of rotatable bonds is 9. The monoisotopic (exact) mass is 450 g/mol. The molecule has 0 unspecified atom stereocenters. The number of nitrogens with one attached hydrogen (secondary N) is 1. The second-order valence-corrected chi connectivity index (χ2v) is 8.03. The molecule has 7 heteroatoms. The van der Waals surface area contributed by atoms with Crippen LogP contribution in [-0.4, -0.2) is 36.7 Å². The van der Waals surface area contributed by atoms with Crippen LogP contribution in [0.15, 0.2) is 67.8 Å². The summed E-state index contributed by atoms with van der Waals surface area (Å²) in [6.45, 7) is 13.8. The molecule has 0 atom stereocenters. The van der Waals surface area contributed by atoms with E-state index in [-0.39, 0.29) is 13.2 Å². The maximum atomic E-state index is 13.7. The largest absolute Gasteiger partial charge is 0.460 e. The summed E-state index contributed by atoms with van der Waals surface area (Å²) in [5, 5.41) is 2.88. The second-order valence-electron chi connectivity index (χ2n) is 8.03. The van der Waals surface area contributed by atoms with Gasteiger partial charge < -0.3 is 14.8 Å². The standard InChI is InChI=1S/C26H30N2O5/c1-7-22(29)32-16-26(6,17-33-23(30)8-2)27-25(31)28(21-12-10-9-11-13-21)24-19(4)14-18(3)15-20(24)5/h7-15H,1-2,16-17H2,3-6H3,(H,27,31). The Labute approximate surface area is 194 Å². The van der Waals surface area contributed by atoms with E-state index in [0.29, 0.717) is 5.69 Å². The van der Waals surface area contributed by atoms with Gasteiger partial charge in [-0.3, -0.25) is 4.90 Å². The molecule has 2 aromatic carbocycles. The Balaban J connectivity index is 2.46. The summed E-state index contributed by atoms with van der Waals surface area (Å²) in [6, 6.07) is 12.7. The van der Waals surface area contributed by atoms with Crippen molar-refractivity contribution < 1.29 is 23.9 Å². The van der Waals surface area contributed by atoms with E-state index in [4.69, 9.17) is 9.47 Å². The number of para-hydroxylation sites is 1. The van der Waals surface area contributed by atoms with Crippen LogP contribution in [0, 0.1) is 20.8 Å². The van der Waals surface area contributed by atoms with Crippen molar-refractivity contribution in [3.05, 3.63) is 84.5 Å². The lowest BCUT2D eigenvalue weighted by Crippen LogP contribution is -2.56. The fourth-order valence-corrected chi connectivity index (χ4v) is 3.46. The fourth-order valence-electron chi connectivity index (χ4n) is 3.46. The van der Waals surface area contributed by atoms with Crippen LogP contribution in [0.4, 0.5) is 16.2 Å². The van der Waals surface area contributed by atoms with Gasteiger partial charge in [0, 0.05) is 12.2 Å². The van der Waals surface area contributed by atoms with Gasteiger partial charge in [0.25, 0.3) is 0 Å². The van der Waals surface area contributed by atoms with Gasteiger partial charge in [0.1, 0.15) is 18.8 Å². The highest BCUT2D eigenvalue weighted by Crippen LogP contribution is 2.33. The van der Waals surface area contributed by atoms with Crippen molar-refractivity contribution in [3.8, 4) is 0 Å². The zero-order valence-electron chi connectivity index (χ0n) is 19.5. The lowest BCUT2D eigenvalue weighted by atomic mass is 10.0. The number of hydrogen-bond acceptors (Lipinski definition) is 5. The Morgan fingerprint density at radius 2 is 1.42 bits per heavy atom. The Bertz CT molecular complexity index is 999. The van der Waals surface area contributed by atoms with Gasteiger partial charge in [0.15, 0.2) is 0 Å². The van der Waals surface area contributed by atoms with Crippen molar-refractivity contribution in [2.75, 3.05) is 18.1 Å². The van der Waals surface area contributed by atoms with Crippen LogP contribution in [0.3, 0.4) is 0 Å². The Kier molecular flexibility index (Phi) is 8.56. The number of carbonyl (C=O) groups excluding carboxylic acids is 3. The highest BCUT2D eigenvalue weighted by atomic mass is 16.5. The second kappa shape index (κ2) is 11.1. The number of esters is 2. The van der Waals surface area contributed by atoms with E-state index in [1.54, 1.807) is 11.8 Å². The number of ether oxygens (including phenoxy) is 2. The average molecular weight is 451 g/mol. The van der Waals surface area contributed by atoms with Crippen LogP contribution in [0.2, 0.25) is 0 Å². The molecular weight excluding hydrogens is 420 g/mol. The van der Waals surface area contributed by atoms with Gasteiger partial charge in [0.2, 0.25) is 0 Å². The maximum Gasteiger partial charge on any atom is 0.330 e. The van der Waals surface area contributed by atoms with Crippen LogP contribution in [-0.2, 0) is 19.1 Å². The van der Waals surface area contributed by atoms with Crippen molar-refractivity contribution in [3.63, 3.8) is 0 Å². The number of amides is 2. The fraction of sp³-hybridized carbons (Fsp3) is 0.269. The summed E-state index contributed by atoms with van der Waals surface area (Å²) in [5.74, 6) is -1.31. The number of nitrogens with zero attached hydrogens (tertiary/aromatic N) is 1. The highest BCUT2D eigenvalue weighted by Gasteiger charge is 2.33. The lowest BCUT2D eigenvalue weighted by Gasteiger charge is -2.34. The minimum absolute atomic E-state index is 0.234. The number of anilines is 2. The van der Waals surface area contributed by atoms with Crippen LogP contribution in [0.25, 0.3) is 0 Å². The molecule has 2 aromatic rings. The van der Waals surface area contributed by atoms with E-state index in [1.807, 2.05) is 63.2 Å². The first kappa shape index (κ1) is 25.4. The van der Waals surface area contributed by atoms with Gasteiger partial charge in [-0.05, 0) is 51.0 Å². The molecule has 0 aromatic heterocycles. The molecule has 2 amide bonds. The zero-order valence-corrected chi connectivity index (χ0v) is 19.5. The predicted molar refractivity (Wildman–Crippen MR) is 128 cm³/mol. The van der Waals surface area contributed by atoms with Crippen LogP contribution < -0.4 is 10.2 Å². The number of hydrogen-bond donors (Lipinski definition) is 1. The van der Waals surface area contributed by atoms with Crippen molar-refractivity contribution >= 4 is 29.3 Å². The molecule has 33 heavy (non-hydrogen) atoms. The summed E-state index contributed by atoms with van der Waals surface area (Å²) in [5.41, 5.74) is 3.10. The Hall–Kier alpha value is -3.87. The first-order valence-corrected chi connectivity index (χ1v) is 10.4. The Morgan fingerprint density at radius 3 is 1.88 bits per heavy atom. The van der Waals surface area contributed by atoms with Crippen LogP contribution >= 0.6 is 0 Å². The quantitative estimate of drug-likeness (QED) is 0.443. The maximum absolute atomic E-state index is 13.7. The molecule has 0 aliphatic rings. The molecule has 0 radical (unpaired) electrons. The van der Waals surface area contributed by atoms with Gasteiger partial charge in [-0.1, -0.05) is 49.1 Å². The van der Waals surface area contributed by atoms with E-state index in [0.717, 1.165) is 34.5 Å². The molecule has 174 valence electrons. The van der Waals surface area contributed by atoms with E-state index < -0.39 is 23.5 Å². The molecule has 0 spiro atoms. The van der Waals surface area contributed by atoms with Gasteiger partial charge in [0.05, 0.1) is 11.4 Å². The smallest absolute Gasteiger partial charge is 0.330 e. The summed E-state index contributed by atoms with van der Waals surface area (Å²) >= 11 is 0. The summed E-state index contributed by atoms with van der Waals surface area (Å²) in [7, 11) is 0. The van der Waals surface area contributed by atoms with Gasteiger partial charge in [-0.2, -0.15) is 0 Å². The lowest BCUT2D eigenvalue weighted by molar-refractivity contribution is -0.144. The molecule has 0 saturated heterocycles. The van der Waals surface area contributed by atoms with Crippen LogP contribution in [0.5, 0.6) is 0 Å². The molecule has 0 heterocycles. The molecule has 0 fully saturated rings. The molecule has 0 saturated carbocycles. The Morgan fingerprint density at radius 1 is 0.939 bits per heavy atom. The summed E-state index contributed by atoms with van der Waals surface area (Å²) < 4.78 is 10.3. The van der Waals surface area contributed by atoms with Crippen molar-refractivity contribution in [2.45, 2.75) is 33.2 Å². The third-order valence-electron chi connectivity index (χ3n) is 4.88. The number of benzene rings is 2. The highest BCUT2D eigenvalue weighted by molar-refractivity contribution is 6.01. The first-order chi connectivity index (χ1) is 15.6. The third kappa shape index (κ3) is 6.80. The molecule has 0 bridgehead atoms. The SMILES string of the molecule is C=CC(=O)OCC(C)(COC(=O)C=C)NC(=O)N(c1ccccc1)c1c(C)cc(C)cc1C. The average Bonchev–Trinajstić information content (AvgIpc) is 2.78. The first-order valence-electron chi connectivity index (χ1n) is 10.4. The van der Waals surface area contributed by atoms with Crippen LogP contribution in [0.1, 0.15) is 23.6 Å². The number of urea groups is 1.